The van der Waals surface area contributed by atoms with Crippen LogP contribution < -0.4 is 11.1 Å². The van der Waals surface area contributed by atoms with E-state index in [1.807, 2.05) is 4.90 Å². The number of rotatable bonds is 4. The summed E-state index contributed by atoms with van der Waals surface area (Å²) in [6.07, 6.45) is 3.16. The van der Waals surface area contributed by atoms with E-state index in [1.54, 1.807) is 24.3 Å². The van der Waals surface area contributed by atoms with Gasteiger partial charge in [0.2, 0.25) is 5.91 Å². The number of nitrogens with zero attached hydrogens (tertiary/aromatic N) is 1. The molecule has 1 unspecified atom stereocenters. The highest BCUT2D eigenvalue weighted by Crippen LogP contribution is 2.31. The smallest absolute Gasteiger partial charge is 0.251 e. The van der Waals surface area contributed by atoms with E-state index in [0.717, 1.165) is 25.8 Å². The molecule has 1 heterocycles. The standard InChI is InChI=1S/C19H28N4O2/c1-19(2,3)15-6-4-5-11-23(15)16(24)12-22-18(25)14-9-7-13(8-10-14)17(20)21/h7-10,15H,4-6,11-12H2,1-3H3,(H3,20,21)(H,22,25). The predicted molar refractivity (Wildman–Crippen MR) is 98.6 cm³/mol. The number of benzene rings is 1. The van der Waals surface area contributed by atoms with E-state index in [9.17, 15) is 9.59 Å². The number of piperidine rings is 1. The summed E-state index contributed by atoms with van der Waals surface area (Å²) >= 11 is 0. The second kappa shape index (κ2) is 7.68. The molecular weight excluding hydrogens is 316 g/mol. The molecular formula is C19H28N4O2. The Labute approximate surface area is 149 Å². The molecule has 1 aliphatic heterocycles. The van der Waals surface area contributed by atoms with Crippen LogP contribution >= 0.6 is 0 Å². The molecule has 1 aromatic rings. The third-order valence-electron chi connectivity index (χ3n) is 4.68. The van der Waals surface area contributed by atoms with Gasteiger partial charge in [-0.3, -0.25) is 15.0 Å². The number of hydrogen-bond donors (Lipinski definition) is 3. The molecule has 136 valence electrons. The zero-order valence-corrected chi connectivity index (χ0v) is 15.3. The summed E-state index contributed by atoms with van der Waals surface area (Å²) in [6.45, 7) is 7.21. The number of nitrogens with one attached hydrogen (secondary N) is 2. The third kappa shape index (κ3) is 4.81. The topological polar surface area (TPSA) is 99.3 Å². The number of amides is 2. The van der Waals surface area contributed by atoms with Crippen molar-refractivity contribution in [1.29, 1.82) is 5.41 Å². The van der Waals surface area contributed by atoms with E-state index < -0.39 is 0 Å². The maximum atomic E-state index is 12.6. The Balaban J connectivity index is 1.96. The molecule has 4 N–H and O–H groups in total. The van der Waals surface area contributed by atoms with Crippen LogP contribution in [-0.4, -0.2) is 41.7 Å². The molecule has 0 spiro atoms. The number of carbonyl (C=O) groups is 2. The minimum atomic E-state index is -0.298. The highest BCUT2D eigenvalue weighted by Gasteiger charge is 2.34. The van der Waals surface area contributed by atoms with Crippen molar-refractivity contribution in [2.24, 2.45) is 11.1 Å². The SMILES string of the molecule is CC(C)(C)C1CCCCN1C(=O)CNC(=O)c1ccc(C(=N)N)cc1. The minimum Gasteiger partial charge on any atom is -0.384 e. The Bertz CT molecular complexity index is 646. The Morgan fingerprint density at radius 2 is 1.80 bits per heavy atom. The van der Waals surface area contributed by atoms with Gasteiger partial charge in [-0.05, 0) is 36.8 Å². The van der Waals surface area contributed by atoms with Crippen molar-refractivity contribution in [3.05, 3.63) is 35.4 Å². The van der Waals surface area contributed by atoms with Crippen molar-refractivity contribution in [2.45, 2.75) is 46.1 Å². The monoisotopic (exact) mass is 344 g/mol. The van der Waals surface area contributed by atoms with Gasteiger partial charge in [-0.15, -0.1) is 0 Å². The Morgan fingerprint density at radius 3 is 2.36 bits per heavy atom. The van der Waals surface area contributed by atoms with Crippen molar-refractivity contribution in [2.75, 3.05) is 13.1 Å². The summed E-state index contributed by atoms with van der Waals surface area (Å²) in [7, 11) is 0. The van der Waals surface area contributed by atoms with Gasteiger partial charge in [-0.1, -0.05) is 32.9 Å². The summed E-state index contributed by atoms with van der Waals surface area (Å²) in [4.78, 5) is 26.7. The molecule has 6 heteroatoms. The van der Waals surface area contributed by atoms with Crippen LogP contribution in [0.2, 0.25) is 0 Å². The first-order valence-electron chi connectivity index (χ1n) is 8.72. The lowest BCUT2D eigenvalue weighted by Gasteiger charge is -2.43. The average molecular weight is 344 g/mol. The first kappa shape index (κ1) is 19.0. The van der Waals surface area contributed by atoms with Crippen LogP contribution in [0.3, 0.4) is 0 Å². The first-order valence-corrected chi connectivity index (χ1v) is 8.72. The van der Waals surface area contributed by atoms with E-state index in [0.29, 0.717) is 11.1 Å². The minimum absolute atomic E-state index is 0.000126. The van der Waals surface area contributed by atoms with E-state index in [2.05, 4.69) is 26.1 Å². The average Bonchev–Trinajstić information content (AvgIpc) is 2.58. The fourth-order valence-corrected chi connectivity index (χ4v) is 3.29. The third-order valence-corrected chi connectivity index (χ3v) is 4.68. The Hall–Kier alpha value is -2.37. The fraction of sp³-hybridized carbons (Fsp3) is 0.526. The van der Waals surface area contributed by atoms with Gasteiger partial charge in [0.1, 0.15) is 5.84 Å². The molecule has 1 aromatic carbocycles. The largest absolute Gasteiger partial charge is 0.384 e. The van der Waals surface area contributed by atoms with Gasteiger partial charge in [0.05, 0.1) is 6.54 Å². The van der Waals surface area contributed by atoms with Crippen molar-refractivity contribution in [1.82, 2.24) is 10.2 Å². The summed E-state index contributed by atoms with van der Waals surface area (Å²) in [5.41, 5.74) is 6.44. The van der Waals surface area contributed by atoms with Crippen LogP contribution in [0.15, 0.2) is 24.3 Å². The zero-order valence-electron chi connectivity index (χ0n) is 15.3. The molecule has 1 fully saturated rings. The molecule has 0 bridgehead atoms. The van der Waals surface area contributed by atoms with Crippen LogP contribution in [0.1, 0.15) is 56.0 Å². The summed E-state index contributed by atoms with van der Waals surface area (Å²) in [6, 6.07) is 6.67. The second-order valence-electron chi connectivity index (χ2n) is 7.64. The molecule has 1 saturated heterocycles. The van der Waals surface area contributed by atoms with Gasteiger partial charge >= 0.3 is 0 Å². The second-order valence-corrected chi connectivity index (χ2v) is 7.64. The van der Waals surface area contributed by atoms with Crippen LogP contribution in [0.4, 0.5) is 0 Å². The van der Waals surface area contributed by atoms with E-state index in [1.165, 1.54) is 0 Å². The maximum Gasteiger partial charge on any atom is 0.251 e. The molecule has 25 heavy (non-hydrogen) atoms. The lowest BCUT2D eigenvalue weighted by molar-refractivity contribution is -0.136. The molecule has 2 rings (SSSR count). The van der Waals surface area contributed by atoms with E-state index in [-0.39, 0.29) is 35.7 Å². The fourth-order valence-electron chi connectivity index (χ4n) is 3.29. The summed E-state index contributed by atoms with van der Waals surface area (Å²) in [5, 5.41) is 10.1. The van der Waals surface area contributed by atoms with Gasteiger partial charge in [0, 0.05) is 23.7 Å². The number of amidine groups is 1. The number of hydrogen-bond acceptors (Lipinski definition) is 3. The van der Waals surface area contributed by atoms with Crippen LogP contribution in [0.5, 0.6) is 0 Å². The molecule has 0 saturated carbocycles. The quantitative estimate of drug-likeness (QED) is 0.576. The van der Waals surface area contributed by atoms with Crippen LogP contribution in [0.25, 0.3) is 0 Å². The van der Waals surface area contributed by atoms with E-state index in [4.69, 9.17) is 11.1 Å². The predicted octanol–water partition coefficient (Wildman–Crippen LogP) is 2.13. The Kier molecular flexibility index (Phi) is 5.82. The molecule has 2 amide bonds. The van der Waals surface area contributed by atoms with Crippen molar-refractivity contribution in [3.8, 4) is 0 Å². The highest BCUT2D eigenvalue weighted by molar-refractivity contribution is 5.99. The number of nitrogen functional groups attached to an aromatic ring is 1. The van der Waals surface area contributed by atoms with E-state index >= 15 is 0 Å². The molecule has 0 radical (unpaired) electrons. The molecule has 0 aromatic heterocycles. The Morgan fingerprint density at radius 1 is 1.20 bits per heavy atom. The summed E-state index contributed by atoms with van der Waals surface area (Å²) in [5.74, 6) is -0.374. The molecule has 1 aliphatic rings. The van der Waals surface area contributed by atoms with Crippen LogP contribution in [0, 0.1) is 10.8 Å². The number of likely N-dealkylation sites (tertiary alicyclic amines) is 1. The van der Waals surface area contributed by atoms with Gasteiger partial charge in [0.15, 0.2) is 0 Å². The van der Waals surface area contributed by atoms with Gasteiger partial charge < -0.3 is 16.0 Å². The zero-order chi connectivity index (χ0) is 18.6. The first-order chi connectivity index (χ1) is 11.7. The number of carbonyl (C=O) groups excluding carboxylic acids is 2. The van der Waals surface area contributed by atoms with Crippen molar-refractivity contribution in [3.63, 3.8) is 0 Å². The molecule has 6 nitrogen and oxygen atoms in total. The normalized spacial score (nSPS) is 17.9. The molecule has 0 aliphatic carbocycles. The van der Waals surface area contributed by atoms with Crippen molar-refractivity contribution >= 4 is 17.6 Å². The summed E-state index contributed by atoms with van der Waals surface area (Å²) < 4.78 is 0. The van der Waals surface area contributed by atoms with Crippen LogP contribution in [-0.2, 0) is 4.79 Å². The van der Waals surface area contributed by atoms with Gasteiger partial charge in [-0.2, -0.15) is 0 Å². The maximum absolute atomic E-state index is 12.6. The highest BCUT2D eigenvalue weighted by atomic mass is 16.2. The van der Waals surface area contributed by atoms with Gasteiger partial charge in [-0.25, -0.2) is 0 Å². The van der Waals surface area contributed by atoms with Crippen molar-refractivity contribution < 1.29 is 9.59 Å². The number of nitrogens with two attached hydrogens (primary N) is 1. The lowest BCUT2D eigenvalue weighted by atomic mass is 9.80. The molecule has 1 atom stereocenters. The lowest BCUT2D eigenvalue weighted by Crippen LogP contribution is -2.52. The van der Waals surface area contributed by atoms with Gasteiger partial charge in [0.25, 0.3) is 5.91 Å².